The highest BCUT2D eigenvalue weighted by atomic mass is 32.2. The van der Waals surface area contributed by atoms with Gasteiger partial charge in [0.15, 0.2) is 11.5 Å². The van der Waals surface area contributed by atoms with E-state index in [1.807, 2.05) is 0 Å². The van der Waals surface area contributed by atoms with E-state index in [1.54, 1.807) is 42.5 Å². The summed E-state index contributed by atoms with van der Waals surface area (Å²) in [6.45, 7) is 0.0996. The van der Waals surface area contributed by atoms with E-state index in [-0.39, 0.29) is 28.2 Å². The van der Waals surface area contributed by atoms with E-state index in [9.17, 15) is 19.5 Å². The first-order valence-electron chi connectivity index (χ1n) is 8.22. The van der Waals surface area contributed by atoms with E-state index in [2.05, 4.69) is 4.74 Å². The van der Waals surface area contributed by atoms with Gasteiger partial charge in [0.25, 0.3) is 11.1 Å². The predicted octanol–water partition coefficient (Wildman–Crippen LogP) is 3.42. The Morgan fingerprint density at radius 3 is 2.50 bits per heavy atom. The van der Waals surface area contributed by atoms with Gasteiger partial charge in [-0.15, -0.1) is 0 Å². The molecule has 0 aliphatic carbocycles. The normalized spacial score (nSPS) is 15.2. The van der Waals surface area contributed by atoms with Crippen molar-refractivity contribution in [3.05, 3.63) is 64.1 Å². The zero-order valence-corrected chi connectivity index (χ0v) is 16.0. The second-order valence-corrected chi connectivity index (χ2v) is 6.88. The van der Waals surface area contributed by atoms with Crippen LogP contribution < -0.4 is 4.74 Å². The standard InChI is InChI=1S/C20H17NO6S/c1-26-16-9-13(5-8-15(16)22)10-17-18(23)21(20(25)28-17)11-12-3-6-14(7-4-12)19(24)27-2/h3-10,22H,11H2,1-2H3. The minimum Gasteiger partial charge on any atom is -0.504 e. The molecular weight excluding hydrogens is 382 g/mol. The Kier molecular flexibility index (Phi) is 5.70. The average Bonchev–Trinajstić information content (AvgIpc) is 2.96. The number of imide groups is 1. The first-order valence-corrected chi connectivity index (χ1v) is 9.04. The zero-order chi connectivity index (χ0) is 20.3. The summed E-state index contributed by atoms with van der Waals surface area (Å²) in [6, 6.07) is 11.2. The molecule has 1 heterocycles. The maximum Gasteiger partial charge on any atom is 0.337 e. The van der Waals surface area contributed by atoms with Crippen molar-refractivity contribution in [3.8, 4) is 11.5 Å². The van der Waals surface area contributed by atoms with Crippen LogP contribution in [-0.4, -0.2) is 41.3 Å². The molecule has 28 heavy (non-hydrogen) atoms. The van der Waals surface area contributed by atoms with Gasteiger partial charge in [0.2, 0.25) is 0 Å². The number of benzene rings is 2. The summed E-state index contributed by atoms with van der Waals surface area (Å²) in [5, 5.41) is 9.28. The summed E-state index contributed by atoms with van der Waals surface area (Å²) in [4.78, 5) is 37.8. The maximum absolute atomic E-state index is 12.6. The third-order valence-electron chi connectivity index (χ3n) is 4.09. The summed E-state index contributed by atoms with van der Waals surface area (Å²) >= 11 is 0.846. The van der Waals surface area contributed by atoms with Gasteiger partial charge in [-0.3, -0.25) is 14.5 Å². The Balaban J connectivity index is 1.77. The predicted molar refractivity (Wildman–Crippen MR) is 104 cm³/mol. The van der Waals surface area contributed by atoms with Crippen LogP contribution in [0.5, 0.6) is 11.5 Å². The molecule has 1 saturated heterocycles. The van der Waals surface area contributed by atoms with Crippen LogP contribution in [-0.2, 0) is 16.1 Å². The molecule has 2 aromatic carbocycles. The number of methoxy groups -OCH3 is 2. The Bertz CT molecular complexity index is 967. The van der Waals surface area contributed by atoms with Crippen LogP contribution in [0.3, 0.4) is 0 Å². The van der Waals surface area contributed by atoms with E-state index in [4.69, 9.17) is 4.74 Å². The molecule has 8 heteroatoms. The van der Waals surface area contributed by atoms with Gasteiger partial charge in [-0.25, -0.2) is 4.79 Å². The van der Waals surface area contributed by atoms with Crippen molar-refractivity contribution >= 4 is 35.0 Å². The minimum atomic E-state index is -0.454. The number of hydrogen-bond acceptors (Lipinski definition) is 7. The lowest BCUT2D eigenvalue weighted by atomic mass is 10.1. The number of amides is 2. The van der Waals surface area contributed by atoms with Crippen molar-refractivity contribution in [1.82, 2.24) is 4.90 Å². The molecule has 2 aromatic rings. The van der Waals surface area contributed by atoms with Crippen molar-refractivity contribution in [2.45, 2.75) is 6.54 Å². The van der Waals surface area contributed by atoms with Crippen LogP contribution >= 0.6 is 11.8 Å². The summed E-state index contributed by atoms with van der Waals surface area (Å²) in [5.41, 5.74) is 1.73. The number of ether oxygens (including phenoxy) is 2. The molecule has 0 unspecified atom stereocenters. The lowest BCUT2D eigenvalue weighted by Crippen LogP contribution is -2.27. The summed E-state index contributed by atoms with van der Waals surface area (Å²) in [5.74, 6) is -0.592. The van der Waals surface area contributed by atoms with Gasteiger partial charge in [0.1, 0.15) is 0 Å². The number of carbonyl (C=O) groups is 3. The van der Waals surface area contributed by atoms with Gasteiger partial charge in [-0.2, -0.15) is 0 Å². The molecule has 1 aliphatic heterocycles. The van der Waals surface area contributed by atoms with E-state index < -0.39 is 11.9 Å². The van der Waals surface area contributed by atoms with Gasteiger partial charge < -0.3 is 14.6 Å². The number of thioether (sulfide) groups is 1. The molecule has 144 valence electrons. The maximum atomic E-state index is 12.6. The molecule has 1 N–H and O–H groups in total. The van der Waals surface area contributed by atoms with E-state index in [0.717, 1.165) is 16.7 Å². The van der Waals surface area contributed by atoms with Gasteiger partial charge in [0, 0.05) is 0 Å². The highest BCUT2D eigenvalue weighted by Crippen LogP contribution is 2.35. The quantitative estimate of drug-likeness (QED) is 0.608. The van der Waals surface area contributed by atoms with E-state index in [1.165, 1.54) is 20.3 Å². The molecular formula is C20H17NO6S. The number of nitrogens with zero attached hydrogens (tertiary/aromatic N) is 1. The molecule has 0 atom stereocenters. The fourth-order valence-electron chi connectivity index (χ4n) is 2.62. The van der Waals surface area contributed by atoms with Gasteiger partial charge in [-0.1, -0.05) is 18.2 Å². The zero-order valence-electron chi connectivity index (χ0n) is 15.2. The fraction of sp³-hybridized carbons (Fsp3) is 0.150. The number of rotatable bonds is 5. The topological polar surface area (TPSA) is 93.1 Å². The molecule has 0 radical (unpaired) electrons. The lowest BCUT2D eigenvalue weighted by Gasteiger charge is -2.12. The Morgan fingerprint density at radius 2 is 1.86 bits per heavy atom. The third kappa shape index (κ3) is 4.01. The van der Waals surface area contributed by atoms with Crippen LogP contribution in [0.2, 0.25) is 0 Å². The monoisotopic (exact) mass is 399 g/mol. The van der Waals surface area contributed by atoms with Crippen molar-refractivity contribution < 1.29 is 29.0 Å². The summed E-state index contributed by atoms with van der Waals surface area (Å²) in [6.07, 6.45) is 1.58. The van der Waals surface area contributed by atoms with E-state index >= 15 is 0 Å². The number of esters is 1. The molecule has 0 saturated carbocycles. The number of aromatic hydroxyl groups is 1. The average molecular weight is 399 g/mol. The number of carbonyl (C=O) groups excluding carboxylic acids is 3. The molecule has 1 fully saturated rings. The molecule has 3 rings (SSSR count). The van der Waals surface area contributed by atoms with Gasteiger partial charge in [0.05, 0.1) is 31.2 Å². The highest BCUT2D eigenvalue weighted by Gasteiger charge is 2.35. The van der Waals surface area contributed by atoms with Gasteiger partial charge >= 0.3 is 5.97 Å². The van der Waals surface area contributed by atoms with Crippen molar-refractivity contribution in [3.63, 3.8) is 0 Å². The first kappa shape index (κ1) is 19.5. The summed E-state index contributed by atoms with van der Waals surface area (Å²) < 4.78 is 9.70. The molecule has 7 nitrogen and oxygen atoms in total. The Morgan fingerprint density at radius 1 is 1.14 bits per heavy atom. The van der Waals surface area contributed by atoms with Crippen LogP contribution in [0.25, 0.3) is 6.08 Å². The smallest absolute Gasteiger partial charge is 0.337 e. The summed E-state index contributed by atoms with van der Waals surface area (Å²) in [7, 11) is 2.73. The van der Waals surface area contributed by atoms with Crippen molar-refractivity contribution in [2.75, 3.05) is 14.2 Å². The number of phenolic OH excluding ortho intramolecular Hbond substituents is 1. The molecule has 1 aliphatic rings. The van der Waals surface area contributed by atoms with Crippen LogP contribution in [0.15, 0.2) is 47.4 Å². The Labute approximate surface area is 165 Å². The largest absolute Gasteiger partial charge is 0.504 e. The minimum absolute atomic E-state index is 0.0110. The molecule has 2 amide bonds. The van der Waals surface area contributed by atoms with Crippen LogP contribution in [0.4, 0.5) is 4.79 Å². The molecule has 0 spiro atoms. The first-order chi connectivity index (χ1) is 13.4. The number of hydrogen-bond donors (Lipinski definition) is 1. The molecule has 0 aromatic heterocycles. The second-order valence-electron chi connectivity index (χ2n) is 5.89. The highest BCUT2D eigenvalue weighted by molar-refractivity contribution is 8.18. The van der Waals surface area contributed by atoms with Crippen molar-refractivity contribution in [1.29, 1.82) is 0 Å². The van der Waals surface area contributed by atoms with Crippen molar-refractivity contribution in [2.24, 2.45) is 0 Å². The van der Waals surface area contributed by atoms with Crippen LogP contribution in [0.1, 0.15) is 21.5 Å². The van der Waals surface area contributed by atoms with Crippen LogP contribution in [0, 0.1) is 0 Å². The second kappa shape index (κ2) is 8.18. The Hall–Kier alpha value is -3.26. The molecule has 0 bridgehead atoms. The SMILES string of the molecule is COC(=O)c1ccc(CN2C(=O)SC(=Cc3ccc(O)c(OC)c3)C2=O)cc1. The third-order valence-corrected chi connectivity index (χ3v) is 5.00. The van der Waals surface area contributed by atoms with E-state index in [0.29, 0.717) is 16.7 Å². The lowest BCUT2D eigenvalue weighted by molar-refractivity contribution is -0.123. The fourth-order valence-corrected chi connectivity index (χ4v) is 3.46. The van der Waals surface area contributed by atoms with Gasteiger partial charge in [-0.05, 0) is 53.2 Å². The number of phenols is 1.